The molecule has 2 rings (SSSR count). The minimum atomic E-state index is -0.512. The van der Waals surface area contributed by atoms with Crippen molar-refractivity contribution in [2.75, 3.05) is 26.2 Å². The molecule has 20 heavy (non-hydrogen) atoms. The second kappa shape index (κ2) is 6.01. The van der Waals surface area contributed by atoms with Gasteiger partial charge >= 0.3 is 5.97 Å². The highest BCUT2D eigenvalue weighted by Gasteiger charge is 2.12. The molecule has 6 nitrogen and oxygen atoms in total. The first-order valence-corrected chi connectivity index (χ1v) is 5.94. The van der Waals surface area contributed by atoms with Crippen LogP contribution in [0, 0.1) is 0 Å². The molecule has 0 aliphatic rings. The number of carbonyl (C=O) groups is 1. The van der Waals surface area contributed by atoms with E-state index in [1.807, 2.05) is 36.2 Å². The molecule has 1 aromatic carbocycles. The van der Waals surface area contributed by atoms with Crippen molar-refractivity contribution in [2.24, 2.45) is 0 Å². The normalized spacial score (nSPS) is 9.95. The third-order valence-corrected chi connectivity index (χ3v) is 2.82. The Morgan fingerprint density at radius 3 is 2.45 bits per heavy atom. The average molecular weight is 273 g/mol. The van der Waals surface area contributed by atoms with Crippen LogP contribution in [-0.2, 0) is 4.74 Å². The SMILES string of the molecule is COC(=O)c1cncc(N(C)c2ccc(OC)cc2)n1. The summed E-state index contributed by atoms with van der Waals surface area (Å²) in [6.07, 6.45) is 2.95. The molecule has 2 aromatic rings. The second-order valence-corrected chi connectivity index (χ2v) is 4.01. The third-order valence-electron chi connectivity index (χ3n) is 2.82. The van der Waals surface area contributed by atoms with Crippen molar-refractivity contribution in [2.45, 2.75) is 0 Å². The van der Waals surface area contributed by atoms with E-state index in [2.05, 4.69) is 14.7 Å². The maximum atomic E-state index is 11.4. The van der Waals surface area contributed by atoms with Crippen LogP contribution < -0.4 is 9.64 Å². The fraction of sp³-hybridized carbons (Fsp3) is 0.214. The van der Waals surface area contributed by atoms with Crippen LogP contribution in [0.1, 0.15) is 10.5 Å². The van der Waals surface area contributed by atoms with Crippen LogP contribution in [0.4, 0.5) is 11.5 Å². The maximum Gasteiger partial charge on any atom is 0.358 e. The number of anilines is 2. The number of nitrogens with zero attached hydrogens (tertiary/aromatic N) is 3. The quantitative estimate of drug-likeness (QED) is 0.794. The summed E-state index contributed by atoms with van der Waals surface area (Å²) in [5.74, 6) is 0.817. The number of aromatic nitrogens is 2. The lowest BCUT2D eigenvalue weighted by Gasteiger charge is -2.18. The Balaban J connectivity index is 2.27. The van der Waals surface area contributed by atoms with E-state index in [-0.39, 0.29) is 5.69 Å². The van der Waals surface area contributed by atoms with Crippen molar-refractivity contribution in [3.63, 3.8) is 0 Å². The van der Waals surface area contributed by atoms with Gasteiger partial charge in [-0.2, -0.15) is 0 Å². The third kappa shape index (κ3) is 2.85. The Bertz CT molecular complexity index is 599. The molecule has 0 N–H and O–H groups in total. The topological polar surface area (TPSA) is 64.5 Å². The summed E-state index contributed by atoms with van der Waals surface area (Å²) in [7, 11) is 4.76. The molecule has 104 valence electrons. The van der Waals surface area contributed by atoms with Crippen LogP contribution in [0.2, 0.25) is 0 Å². The lowest BCUT2D eigenvalue weighted by molar-refractivity contribution is 0.0593. The van der Waals surface area contributed by atoms with Crippen molar-refractivity contribution < 1.29 is 14.3 Å². The molecule has 0 radical (unpaired) electrons. The zero-order chi connectivity index (χ0) is 14.5. The van der Waals surface area contributed by atoms with Gasteiger partial charge in [0.2, 0.25) is 0 Å². The van der Waals surface area contributed by atoms with E-state index in [4.69, 9.17) is 4.74 Å². The van der Waals surface area contributed by atoms with Gasteiger partial charge in [0, 0.05) is 12.7 Å². The number of hydrogen-bond donors (Lipinski definition) is 0. The van der Waals surface area contributed by atoms with E-state index >= 15 is 0 Å². The predicted octanol–water partition coefficient (Wildman–Crippen LogP) is 2.04. The number of esters is 1. The number of rotatable bonds is 4. The van der Waals surface area contributed by atoms with Gasteiger partial charge in [-0.25, -0.2) is 9.78 Å². The van der Waals surface area contributed by atoms with Crippen LogP contribution in [0.25, 0.3) is 0 Å². The zero-order valence-electron chi connectivity index (χ0n) is 11.5. The predicted molar refractivity (Wildman–Crippen MR) is 74.4 cm³/mol. The van der Waals surface area contributed by atoms with E-state index in [9.17, 15) is 4.79 Å². The van der Waals surface area contributed by atoms with Crippen molar-refractivity contribution in [3.05, 3.63) is 42.4 Å². The van der Waals surface area contributed by atoms with Gasteiger partial charge in [0.1, 0.15) is 5.75 Å². The van der Waals surface area contributed by atoms with Gasteiger partial charge in [-0.1, -0.05) is 0 Å². The van der Waals surface area contributed by atoms with Crippen molar-refractivity contribution in [1.29, 1.82) is 0 Å². The molecule has 1 aromatic heterocycles. The number of ether oxygens (including phenoxy) is 2. The van der Waals surface area contributed by atoms with Crippen LogP contribution >= 0.6 is 0 Å². The molecule has 6 heteroatoms. The standard InChI is InChI=1S/C14H15N3O3/c1-17(10-4-6-11(19-2)7-5-10)13-9-15-8-12(16-13)14(18)20-3/h4-9H,1-3H3. The highest BCUT2D eigenvalue weighted by atomic mass is 16.5. The van der Waals surface area contributed by atoms with Crippen molar-refractivity contribution in [3.8, 4) is 5.75 Å². The van der Waals surface area contributed by atoms with E-state index in [0.717, 1.165) is 11.4 Å². The molecule has 0 fully saturated rings. The Morgan fingerprint density at radius 1 is 1.15 bits per heavy atom. The van der Waals surface area contributed by atoms with Crippen LogP contribution in [0.15, 0.2) is 36.7 Å². The number of benzene rings is 1. The highest BCUT2D eigenvalue weighted by Crippen LogP contribution is 2.23. The molecule has 1 heterocycles. The van der Waals surface area contributed by atoms with Crippen LogP contribution in [0.5, 0.6) is 5.75 Å². The summed E-state index contributed by atoms with van der Waals surface area (Å²) < 4.78 is 9.74. The highest BCUT2D eigenvalue weighted by molar-refractivity contribution is 5.87. The Morgan fingerprint density at radius 2 is 1.85 bits per heavy atom. The minimum Gasteiger partial charge on any atom is -0.497 e. The van der Waals surface area contributed by atoms with Gasteiger partial charge in [0.25, 0.3) is 0 Å². The summed E-state index contributed by atoms with van der Waals surface area (Å²) in [5.41, 5.74) is 1.08. The first-order valence-electron chi connectivity index (χ1n) is 5.94. The molecule has 0 amide bonds. The van der Waals surface area contributed by atoms with Gasteiger partial charge in [0.05, 0.1) is 26.6 Å². The summed E-state index contributed by atoms with van der Waals surface area (Å²) >= 11 is 0. The van der Waals surface area contributed by atoms with E-state index in [0.29, 0.717) is 5.82 Å². The molecule has 0 unspecified atom stereocenters. The summed E-state index contributed by atoms with van der Waals surface area (Å²) in [6.45, 7) is 0. The minimum absolute atomic E-state index is 0.172. The second-order valence-electron chi connectivity index (χ2n) is 4.01. The summed E-state index contributed by atoms with van der Waals surface area (Å²) in [4.78, 5) is 21.5. The van der Waals surface area contributed by atoms with E-state index in [1.165, 1.54) is 13.3 Å². The van der Waals surface area contributed by atoms with Crippen molar-refractivity contribution in [1.82, 2.24) is 9.97 Å². The molecule has 0 saturated carbocycles. The molecule has 0 aliphatic carbocycles. The zero-order valence-corrected chi connectivity index (χ0v) is 11.5. The number of hydrogen-bond acceptors (Lipinski definition) is 6. The summed E-state index contributed by atoms with van der Waals surface area (Å²) in [5, 5.41) is 0. The lowest BCUT2D eigenvalue weighted by atomic mass is 10.3. The smallest absolute Gasteiger partial charge is 0.358 e. The van der Waals surface area contributed by atoms with Gasteiger partial charge in [-0.05, 0) is 24.3 Å². The van der Waals surface area contributed by atoms with Crippen LogP contribution in [-0.4, -0.2) is 37.2 Å². The van der Waals surface area contributed by atoms with E-state index < -0.39 is 5.97 Å². The maximum absolute atomic E-state index is 11.4. The Labute approximate surface area is 117 Å². The van der Waals surface area contributed by atoms with Crippen LogP contribution in [0.3, 0.4) is 0 Å². The number of methoxy groups -OCH3 is 2. The molecule has 0 bridgehead atoms. The fourth-order valence-corrected chi connectivity index (χ4v) is 1.66. The van der Waals surface area contributed by atoms with Crippen molar-refractivity contribution >= 4 is 17.5 Å². The molecule has 0 atom stereocenters. The molecule has 0 saturated heterocycles. The Hall–Kier alpha value is -2.63. The lowest BCUT2D eigenvalue weighted by Crippen LogP contribution is -2.14. The molecular weight excluding hydrogens is 258 g/mol. The first-order chi connectivity index (χ1) is 9.65. The first kappa shape index (κ1) is 13.8. The van der Waals surface area contributed by atoms with Gasteiger partial charge in [-0.3, -0.25) is 4.98 Å². The monoisotopic (exact) mass is 273 g/mol. The fourth-order valence-electron chi connectivity index (χ4n) is 1.66. The summed E-state index contributed by atoms with van der Waals surface area (Å²) in [6, 6.07) is 7.49. The largest absolute Gasteiger partial charge is 0.497 e. The average Bonchev–Trinajstić information content (AvgIpc) is 2.53. The number of carbonyl (C=O) groups excluding carboxylic acids is 1. The van der Waals surface area contributed by atoms with E-state index in [1.54, 1.807) is 13.3 Å². The molecule has 0 aliphatic heterocycles. The Kier molecular flexibility index (Phi) is 4.14. The van der Waals surface area contributed by atoms with Gasteiger partial charge in [0.15, 0.2) is 11.5 Å². The van der Waals surface area contributed by atoms with Gasteiger partial charge in [-0.15, -0.1) is 0 Å². The molecule has 0 spiro atoms. The molecular formula is C14H15N3O3. The van der Waals surface area contributed by atoms with Gasteiger partial charge < -0.3 is 14.4 Å².